The summed E-state index contributed by atoms with van der Waals surface area (Å²) < 4.78 is 33.4. The first-order valence-electron chi connectivity index (χ1n) is 6.65. The number of amides is 1. The van der Waals surface area contributed by atoms with E-state index in [1.807, 2.05) is 0 Å². The van der Waals surface area contributed by atoms with Gasteiger partial charge in [-0.1, -0.05) is 0 Å². The molecule has 0 aromatic heterocycles. The molecule has 0 bridgehead atoms. The third kappa shape index (κ3) is 4.42. The minimum Gasteiger partial charge on any atom is -0.370 e. The largest absolute Gasteiger partial charge is 0.370 e. The molecular weight excluding hydrogens is 294 g/mol. The molecule has 0 atom stereocenters. The van der Waals surface area contributed by atoms with Gasteiger partial charge in [-0.2, -0.15) is 13.1 Å². The molecule has 1 heterocycles. The lowest BCUT2D eigenvalue weighted by molar-refractivity contribution is -0.125. The van der Waals surface area contributed by atoms with E-state index in [1.54, 1.807) is 43.0 Å². The number of ether oxygens (including phenoxy) is 1. The highest BCUT2D eigenvalue weighted by Crippen LogP contribution is 2.20. The summed E-state index contributed by atoms with van der Waals surface area (Å²) in [6.07, 6.45) is 0. The summed E-state index contributed by atoms with van der Waals surface area (Å²) in [5.41, 5.74) is 1.16. The van der Waals surface area contributed by atoms with Crippen molar-refractivity contribution in [3.05, 3.63) is 24.3 Å². The third-order valence-corrected chi connectivity index (χ3v) is 4.09. The van der Waals surface area contributed by atoms with Crippen molar-refractivity contribution in [2.75, 3.05) is 29.4 Å². The number of rotatable bonds is 5. The normalized spacial score (nSPS) is 16.3. The molecule has 0 radical (unpaired) electrons. The molecule has 21 heavy (non-hydrogen) atoms. The molecule has 2 rings (SSSR count). The Balaban J connectivity index is 2.07. The summed E-state index contributed by atoms with van der Waals surface area (Å²) in [7, 11) is -3.58. The molecule has 8 heteroatoms. The summed E-state index contributed by atoms with van der Waals surface area (Å²) in [6.45, 7) is 4.56. The van der Waals surface area contributed by atoms with E-state index in [-0.39, 0.29) is 18.6 Å². The molecular formula is C13H19N3O4S. The monoisotopic (exact) mass is 313 g/mol. The van der Waals surface area contributed by atoms with Gasteiger partial charge in [0.25, 0.3) is 16.1 Å². The molecule has 1 aromatic rings. The number of anilines is 2. The molecule has 1 aliphatic rings. The maximum Gasteiger partial charge on any atom is 0.299 e. The van der Waals surface area contributed by atoms with Gasteiger partial charge in [0.05, 0.1) is 6.61 Å². The van der Waals surface area contributed by atoms with Crippen molar-refractivity contribution in [3.63, 3.8) is 0 Å². The standard InChI is InChI=1S/C13H19N3O4S/c1-10(2)14-21(18,19)15-11-3-5-12(6-4-11)16-7-8-20-9-13(16)17/h3-6,10,14-15H,7-9H2,1-2H3. The van der Waals surface area contributed by atoms with Gasteiger partial charge in [0.2, 0.25) is 0 Å². The van der Waals surface area contributed by atoms with E-state index < -0.39 is 10.2 Å². The molecule has 0 spiro atoms. The van der Waals surface area contributed by atoms with Crippen molar-refractivity contribution in [2.24, 2.45) is 0 Å². The fourth-order valence-corrected chi connectivity index (χ4v) is 3.12. The summed E-state index contributed by atoms with van der Waals surface area (Å²) in [5, 5.41) is 0. The first kappa shape index (κ1) is 15.7. The second kappa shape index (κ2) is 6.42. The Kier molecular flexibility index (Phi) is 4.81. The topological polar surface area (TPSA) is 87.7 Å². The average molecular weight is 313 g/mol. The van der Waals surface area contributed by atoms with Crippen LogP contribution in [0.3, 0.4) is 0 Å². The van der Waals surface area contributed by atoms with Crippen LogP contribution in [-0.4, -0.2) is 40.1 Å². The van der Waals surface area contributed by atoms with E-state index in [4.69, 9.17) is 4.74 Å². The van der Waals surface area contributed by atoms with Gasteiger partial charge < -0.3 is 9.64 Å². The SMILES string of the molecule is CC(C)NS(=O)(=O)Nc1ccc(N2CCOCC2=O)cc1. The zero-order chi connectivity index (χ0) is 15.5. The smallest absolute Gasteiger partial charge is 0.299 e. The molecule has 0 aliphatic carbocycles. The number of nitrogens with zero attached hydrogens (tertiary/aromatic N) is 1. The van der Waals surface area contributed by atoms with E-state index in [0.717, 1.165) is 5.69 Å². The predicted molar refractivity (Wildman–Crippen MR) is 80.4 cm³/mol. The zero-order valence-corrected chi connectivity index (χ0v) is 12.8. The number of carbonyl (C=O) groups excluding carboxylic acids is 1. The summed E-state index contributed by atoms with van der Waals surface area (Å²) >= 11 is 0. The van der Waals surface area contributed by atoms with Crippen molar-refractivity contribution >= 4 is 27.5 Å². The van der Waals surface area contributed by atoms with Crippen LogP contribution in [0, 0.1) is 0 Å². The third-order valence-electron chi connectivity index (χ3n) is 2.81. The Morgan fingerprint density at radius 3 is 2.48 bits per heavy atom. The number of nitrogens with one attached hydrogen (secondary N) is 2. The quantitative estimate of drug-likeness (QED) is 0.838. The Labute approximate surface area is 124 Å². The molecule has 1 aromatic carbocycles. The van der Waals surface area contributed by atoms with Crippen LogP contribution in [0.1, 0.15) is 13.8 Å². The van der Waals surface area contributed by atoms with Gasteiger partial charge in [-0.05, 0) is 38.1 Å². The Morgan fingerprint density at radius 1 is 1.24 bits per heavy atom. The van der Waals surface area contributed by atoms with Gasteiger partial charge in [0, 0.05) is 24.0 Å². The Bertz CT molecular complexity index is 598. The fourth-order valence-electron chi connectivity index (χ4n) is 2.00. The second-order valence-electron chi connectivity index (χ2n) is 5.02. The average Bonchev–Trinajstić information content (AvgIpc) is 2.38. The highest BCUT2D eigenvalue weighted by molar-refractivity contribution is 7.90. The van der Waals surface area contributed by atoms with Crippen molar-refractivity contribution in [1.29, 1.82) is 0 Å². The van der Waals surface area contributed by atoms with Crippen molar-refractivity contribution in [3.8, 4) is 0 Å². The Hall–Kier alpha value is -1.64. The minimum absolute atomic E-state index is 0.0761. The number of hydrogen-bond acceptors (Lipinski definition) is 4. The Morgan fingerprint density at radius 2 is 1.90 bits per heavy atom. The highest BCUT2D eigenvalue weighted by atomic mass is 32.2. The van der Waals surface area contributed by atoms with E-state index in [9.17, 15) is 13.2 Å². The van der Waals surface area contributed by atoms with Crippen LogP contribution in [0.15, 0.2) is 24.3 Å². The highest BCUT2D eigenvalue weighted by Gasteiger charge is 2.20. The lowest BCUT2D eigenvalue weighted by atomic mass is 10.2. The molecule has 1 fully saturated rings. The van der Waals surface area contributed by atoms with Gasteiger partial charge in [0.1, 0.15) is 6.61 Å². The lowest BCUT2D eigenvalue weighted by Gasteiger charge is -2.27. The molecule has 0 saturated carbocycles. The second-order valence-corrected chi connectivity index (χ2v) is 6.47. The van der Waals surface area contributed by atoms with Crippen LogP contribution in [0.2, 0.25) is 0 Å². The van der Waals surface area contributed by atoms with E-state index in [2.05, 4.69) is 9.44 Å². The van der Waals surface area contributed by atoms with Gasteiger partial charge in [-0.3, -0.25) is 9.52 Å². The summed E-state index contributed by atoms with van der Waals surface area (Å²) in [6, 6.07) is 6.47. The molecule has 7 nitrogen and oxygen atoms in total. The van der Waals surface area contributed by atoms with E-state index in [1.165, 1.54) is 0 Å². The van der Waals surface area contributed by atoms with E-state index >= 15 is 0 Å². The molecule has 0 unspecified atom stereocenters. The number of morpholine rings is 1. The molecule has 1 saturated heterocycles. The molecule has 2 N–H and O–H groups in total. The molecule has 1 aliphatic heterocycles. The van der Waals surface area contributed by atoms with Crippen LogP contribution in [0.25, 0.3) is 0 Å². The lowest BCUT2D eigenvalue weighted by Crippen LogP contribution is -2.41. The van der Waals surface area contributed by atoms with Crippen LogP contribution in [0.4, 0.5) is 11.4 Å². The zero-order valence-electron chi connectivity index (χ0n) is 12.0. The van der Waals surface area contributed by atoms with Crippen LogP contribution < -0.4 is 14.3 Å². The van der Waals surface area contributed by atoms with Gasteiger partial charge in [0.15, 0.2) is 0 Å². The number of hydrogen-bond donors (Lipinski definition) is 2. The maximum absolute atomic E-state index is 11.7. The molecule has 1 amide bonds. The fraction of sp³-hybridized carbons (Fsp3) is 0.462. The van der Waals surface area contributed by atoms with Crippen molar-refractivity contribution in [2.45, 2.75) is 19.9 Å². The number of benzene rings is 1. The first-order chi connectivity index (χ1) is 9.87. The van der Waals surface area contributed by atoms with Crippen LogP contribution >= 0.6 is 0 Å². The first-order valence-corrected chi connectivity index (χ1v) is 8.14. The predicted octanol–water partition coefficient (Wildman–Crippen LogP) is 0.704. The summed E-state index contributed by atoms with van der Waals surface area (Å²) in [4.78, 5) is 13.3. The van der Waals surface area contributed by atoms with Gasteiger partial charge >= 0.3 is 0 Å². The van der Waals surface area contributed by atoms with Gasteiger partial charge in [-0.25, -0.2) is 0 Å². The van der Waals surface area contributed by atoms with Crippen molar-refractivity contribution < 1.29 is 17.9 Å². The summed E-state index contributed by atoms with van der Waals surface area (Å²) in [5.74, 6) is -0.101. The van der Waals surface area contributed by atoms with Gasteiger partial charge in [-0.15, -0.1) is 0 Å². The van der Waals surface area contributed by atoms with Crippen LogP contribution in [0.5, 0.6) is 0 Å². The van der Waals surface area contributed by atoms with Crippen molar-refractivity contribution in [1.82, 2.24) is 4.72 Å². The molecule has 116 valence electrons. The number of carbonyl (C=O) groups is 1. The minimum atomic E-state index is -3.58. The maximum atomic E-state index is 11.7. The van der Waals surface area contributed by atoms with E-state index in [0.29, 0.717) is 18.8 Å². The van der Waals surface area contributed by atoms with Crippen LogP contribution in [-0.2, 0) is 19.7 Å².